The van der Waals surface area contributed by atoms with Gasteiger partial charge in [-0.25, -0.2) is 34.3 Å². The number of H-pyrrole nitrogens is 1. The number of rotatable bonds is 13. The number of benzene rings is 4. The van der Waals surface area contributed by atoms with Gasteiger partial charge in [-0.1, -0.05) is 136 Å². The number of hydrogen-bond donors (Lipinski definition) is 4. The van der Waals surface area contributed by atoms with Crippen molar-refractivity contribution in [1.82, 2.24) is 39.5 Å². The Morgan fingerprint density at radius 2 is 1.06 bits per heavy atom. The van der Waals surface area contributed by atoms with Crippen LogP contribution in [0.5, 0.6) is 0 Å². The van der Waals surface area contributed by atoms with Gasteiger partial charge in [0, 0.05) is 98.8 Å². The maximum atomic E-state index is 14.5. The van der Waals surface area contributed by atoms with E-state index in [1.54, 1.807) is 48.8 Å². The lowest BCUT2D eigenvalue weighted by molar-refractivity contribution is 0.0543. The molecule has 0 aliphatic carbocycles. The first-order valence-corrected chi connectivity index (χ1v) is 32.6. The summed E-state index contributed by atoms with van der Waals surface area (Å²) in [4.78, 5) is 38.0. The third-order valence-corrected chi connectivity index (χ3v) is 15.4. The summed E-state index contributed by atoms with van der Waals surface area (Å²) < 4.78 is 71.1. The number of aromatic amines is 1. The molecule has 96 heavy (non-hydrogen) atoms. The Morgan fingerprint density at radius 1 is 0.552 bits per heavy atom. The van der Waals surface area contributed by atoms with Gasteiger partial charge in [-0.15, -0.1) is 11.6 Å². The number of carbonyl (C=O) groups is 1. The van der Waals surface area contributed by atoms with E-state index < -0.39 is 41.4 Å². The Morgan fingerprint density at radius 3 is 1.56 bits per heavy atom. The molecule has 12 aromatic rings. The molecule has 0 saturated heterocycles. The molecule has 498 valence electrons. The van der Waals surface area contributed by atoms with Crippen LogP contribution in [0.2, 0.25) is 30.1 Å². The first kappa shape index (κ1) is 75.4. The molecule has 0 aliphatic rings. The quantitative estimate of drug-likeness (QED) is 0.0491. The molecule has 0 amide bonds. The number of halogens is 13. The Bertz CT molecular complexity index is 4440. The van der Waals surface area contributed by atoms with Crippen LogP contribution in [0.1, 0.15) is 65.4 Å². The highest BCUT2D eigenvalue weighted by atomic mass is 79.9. The topological polar surface area (TPSA) is 174 Å². The van der Waals surface area contributed by atoms with Crippen molar-refractivity contribution >= 4 is 137 Å². The number of hydrogen-bond acceptors (Lipinski definition) is 11. The minimum absolute atomic E-state index is 0.272. The van der Waals surface area contributed by atoms with Gasteiger partial charge in [0.15, 0.2) is 0 Å². The Hall–Kier alpha value is -7.95. The summed E-state index contributed by atoms with van der Waals surface area (Å²) in [5.41, 5.74) is 13.4. The fraction of sp³-hybridized carbons (Fsp3) is 0.157. The van der Waals surface area contributed by atoms with Crippen LogP contribution in [-0.2, 0) is 49.5 Å². The molecule has 0 aliphatic heterocycles. The fourth-order valence-electron chi connectivity index (χ4n) is 8.40. The van der Waals surface area contributed by atoms with Gasteiger partial charge in [-0.3, -0.25) is 0 Å². The molecule has 5 N–H and O–H groups in total. The number of pyridine rings is 6. The maximum Gasteiger partial charge on any atom is 0.420 e. The zero-order valence-corrected chi connectivity index (χ0v) is 58.2. The lowest BCUT2D eigenvalue weighted by Crippen LogP contribution is -2.26. The highest BCUT2D eigenvalue weighted by Gasteiger charge is 2.22. The molecule has 0 fully saturated rings. The zero-order valence-electron chi connectivity index (χ0n) is 51.4. The van der Waals surface area contributed by atoms with Gasteiger partial charge >= 0.3 is 6.09 Å². The van der Waals surface area contributed by atoms with E-state index in [2.05, 4.69) is 61.5 Å². The van der Waals surface area contributed by atoms with E-state index in [-0.39, 0.29) is 5.88 Å². The average Bonchev–Trinajstić information content (AvgIpc) is 1.70. The monoisotopic (exact) mass is 1510 g/mol. The van der Waals surface area contributed by atoms with Gasteiger partial charge in [0.05, 0.1) is 14.5 Å². The smallest absolute Gasteiger partial charge is 0.420 e. The van der Waals surface area contributed by atoms with E-state index >= 15 is 0 Å². The largest absolute Gasteiger partial charge is 0.443 e. The normalized spacial score (nSPS) is 10.7. The minimum Gasteiger partial charge on any atom is -0.443 e. The van der Waals surface area contributed by atoms with E-state index in [9.17, 15) is 26.7 Å². The maximum absolute atomic E-state index is 14.5. The molecule has 13 nitrogen and oxygen atoms in total. The molecule has 0 radical (unpaired) electrons. The van der Waals surface area contributed by atoms with Crippen molar-refractivity contribution in [3.63, 3.8) is 0 Å². The second-order valence-corrected chi connectivity index (χ2v) is 25.2. The summed E-state index contributed by atoms with van der Waals surface area (Å²) in [6, 6.07) is 48.8. The Labute approximate surface area is 594 Å². The van der Waals surface area contributed by atoms with Crippen LogP contribution in [0.15, 0.2) is 199 Å². The molecule has 8 heterocycles. The van der Waals surface area contributed by atoms with Crippen molar-refractivity contribution < 1.29 is 31.5 Å². The van der Waals surface area contributed by atoms with E-state index in [1.165, 1.54) is 22.9 Å². The summed E-state index contributed by atoms with van der Waals surface area (Å²) in [6.45, 7) is 7.17. The number of nitrogens with two attached hydrogens (primary N) is 1. The number of nitrogens with one attached hydrogen (secondary N) is 3. The molecule has 4 aromatic carbocycles. The molecule has 26 heteroatoms. The van der Waals surface area contributed by atoms with Crippen molar-refractivity contribution in [3.8, 4) is 0 Å². The van der Waals surface area contributed by atoms with Crippen LogP contribution in [0.25, 0.3) is 22.1 Å². The van der Waals surface area contributed by atoms with Crippen LogP contribution in [0.4, 0.5) is 38.4 Å². The zero-order chi connectivity index (χ0) is 69.3. The third kappa shape index (κ3) is 25.2. The second-order valence-electron chi connectivity index (χ2n) is 21.5. The number of carbonyl (C=O) groups excluding carboxylic acids is 1. The lowest BCUT2D eigenvalue weighted by Gasteiger charge is -2.19. The van der Waals surface area contributed by atoms with Crippen LogP contribution in [0, 0.1) is 29.7 Å². The molecule has 0 saturated carbocycles. The van der Waals surface area contributed by atoms with E-state index in [4.69, 9.17) is 91.7 Å². The summed E-state index contributed by atoms with van der Waals surface area (Å²) in [5, 5.41) is 11.6. The molecule has 8 aromatic heterocycles. The first-order chi connectivity index (χ1) is 45.9. The van der Waals surface area contributed by atoms with Crippen molar-refractivity contribution in [1.29, 1.82) is 0 Å². The SMILES string of the molecule is CC(C)(C)OC(=O)n1cc(CCl)c2cc(Cl)cnc21.Fc1cccc(F)n1.Fc1cccc(NCc2ccc(Cl)cc2)n1.Fc1nc(CCc2ccc(Cl)cc2)ccc1Cc1c[nH]c2ncc(Cl)cc12.Fc1nc(NCc2ccc(Cl)cc2)ccc1Br.NCc1ccc(Cl)cc1. The molecular weight excluding hydrogens is 1450 g/mol. The minimum atomic E-state index is -0.787. The second kappa shape index (κ2) is 37.5. The van der Waals surface area contributed by atoms with Gasteiger partial charge in [0.1, 0.15) is 28.5 Å². The van der Waals surface area contributed by atoms with Crippen molar-refractivity contribution in [3.05, 3.63) is 304 Å². The Balaban J connectivity index is 0.000000169. The van der Waals surface area contributed by atoms with Crippen LogP contribution in [-0.4, -0.2) is 51.1 Å². The Kier molecular flexibility index (Phi) is 29.5. The van der Waals surface area contributed by atoms with Gasteiger partial charge in [0.25, 0.3) is 0 Å². The standard InChI is InChI=1S/C21H16Cl2FN3.C13H14Cl2N2O2.C12H9BrClFN2.C12H10ClFN2.C7H8ClN.C5H3F2N/c22-16-5-1-13(2-6-16)3-7-18-8-4-14(20(24)27-18)9-15-11-25-21-19(15)10-17(23)12-26-21;1-13(2,3)19-12(18)17-7-8(5-14)10-4-9(15)6-16-11(10)17;13-10-5-6-11(17-12(10)15)16-7-8-1-3-9(14)4-2-8;13-10-6-4-9(5-7-10)8-15-12-3-1-2-11(14)16-12;8-7-3-1-6(5-9)2-4-7;6-4-2-1-3-5(7)8-4/h1-2,4-6,8,10-12H,3,7,9H2,(H,25,26);4,6-7H,5H2,1-3H3;1-6H,7H2,(H,16,17);1-7H,8H2,(H,15,16);1-4H,5,9H2;1-3H. The molecule has 0 spiro atoms. The van der Waals surface area contributed by atoms with Crippen LogP contribution in [0.3, 0.4) is 0 Å². The summed E-state index contributed by atoms with van der Waals surface area (Å²) in [7, 11) is 0. The van der Waals surface area contributed by atoms with E-state index in [0.717, 1.165) is 79.1 Å². The average molecular weight is 1510 g/mol. The van der Waals surface area contributed by atoms with Gasteiger partial charge in [-0.2, -0.15) is 26.9 Å². The summed E-state index contributed by atoms with van der Waals surface area (Å²) in [5.74, 6) is -1.72. The molecular formula is C70H60BrCl7F5N11O2. The number of anilines is 2. The molecule has 12 rings (SSSR count). The number of fused-ring (bicyclic) bond motifs is 2. The van der Waals surface area contributed by atoms with Crippen molar-refractivity contribution in [2.45, 2.75) is 71.1 Å². The summed E-state index contributed by atoms with van der Waals surface area (Å²) >= 11 is 43.9. The predicted molar refractivity (Wildman–Crippen MR) is 380 cm³/mol. The van der Waals surface area contributed by atoms with Gasteiger partial charge < -0.3 is 26.1 Å². The number of alkyl halides is 1. The third-order valence-electron chi connectivity index (χ3n) is 13.1. The number of ether oxygens (including phenoxy) is 1. The number of aryl methyl sites for hydroxylation is 2. The number of nitrogens with zero attached hydrogens (tertiary/aromatic N) is 7. The molecule has 0 atom stereocenters. The van der Waals surface area contributed by atoms with E-state index in [1.807, 2.05) is 136 Å². The fourth-order valence-corrected chi connectivity index (χ4v) is 9.65. The summed E-state index contributed by atoms with van der Waals surface area (Å²) in [6.07, 6.45) is 7.95. The van der Waals surface area contributed by atoms with E-state index in [0.29, 0.717) is 84.9 Å². The highest BCUT2D eigenvalue weighted by Crippen LogP contribution is 2.27. The van der Waals surface area contributed by atoms with Crippen molar-refractivity contribution in [2.24, 2.45) is 5.73 Å². The lowest BCUT2D eigenvalue weighted by atomic mass is 10.0. The highest BCUT2D eigenvalue weighted by molar-refractivity contribution is 9.10. The number of aromatic nitrogens is 8. The van der Waals surface area contributed by atoms with Gasteiger partial charge in [-0.05, 0) is 186 Å². The van der Waals surface area contributed by atoms with Gasteiger partial charge in [0.2, 0.25) is 29.7 Å². The first-order valence-electron chi connectivity index (χ1n) is 29.0. The molecule has 0 bridgehead atoms. The molecule has 0 unspecified atom stereocenters. The predicted octanol–water partition coefficient (Wildman–Crippen LogP) is 20.9. The van der Waals surface area contributed by atoms with Crippen LogP contribution >= 0.6 is 97.1 Å². The van der Waals surface area contributed by atoms with Crippen LogP contribution < -0.4 is 16.4 Å². The van der Waals surface area contributed by atoms with Crippen molar-refractivity contribution in [2.75, 3.05) is 10.6 Å².